The molecule has 2 saturated heterocycles. The minimum Gasteiger partial charge on any atom is -0.391 e. The topological polar surface area (TPSA) is 179 Å². The summed E-state index contributed by atoms with van der Waals surface area (Å²) in [4.78, 5) is 55.2. The Morgan fingerprint density at radius 2 is 1.86 bits per heavy atom. The van der Waals surface area contributed by atoms with E-state index in [0.717, 1.165) is 0 Å². The van der Waals surface area contributed by atoms with Crippen LogP contribution in [0.1, 0.15) is 45.1 Å². The zero-order chi connectivity index (χ0) is 27.5. The molecule has 7 N–H and O–H groups in total. The number of carbonyl (C=O) groups is 4. The van der Waals surface area contributed by atoms with Crippen LogP contribution in [0.4, 0.5) is 4.39 Å². The van der Waals surface area contributed by atoms with Crippen LogP contribution in [0.15, 0.2) is 24.3 Å². The van der Waals surface area contributed by atoms with Crippen molar-refractivity contribution in [1.29, 1.82) is 0 Å². The van der Waals surface area contributed by atoms with Crippen molar-refractivity contribution in [3.8, 4) is 0 Å². The van der Waals surface area contributed by atoms with E-state index in [1.165, 1.54) is 41.8 Å². The molecule has 12 heteroatoms. The molecule has 1 aromatic rings. The molecule has 11 nitrogen and oxygen atoms in total. The van der Waals surface area contributed by atoms with E-state index in [1.807, 2.05) is 0 Å². The molecule has 4 unspecified atom stereocenters. The lowest BCUT2D eigenvalue weighted by Gasteiger charge is -2.41. The minimum absolute atomic E-state index is 0.0541. The number of amides is 4. The lowest BCUT2D eigenvalue weighted by atomic mass is 9.86. The number of halogens is 1. The molecule has 1 aromatic carbocycles. The number of carbonyl (C=O) groups excluding carboxylic acids is 4. The van der Waals surface area contributed by atoms with Crippen molar-refractivity contribution in [2.75, 3.05) is 13.1 Å². The van der Waals surface area contributed by atoms with E-state index >= 15 is 0 Å². The first-order valence-corrected chi connectivity index (χ1v) is 12.5. The maximum atomic E-state index is 14.0. The first kappa shape index (κ1) is 28.5. The van der Waals surface area contributed by atoms with Crippen molar-refractivity contribution in [3.63, 3.8) is 0 Å². The van der Waals surface area contributed by atoms with Crippen LogP contribution in [0.5, 0.6) is 0 Å². The maximum absolute atomic E-state index is 14.0. The fourth-order valence-corrected chi connectivity index (χ4v) is 5.25. The molecule has 2 aliphatic rings. The SMILES string of the molecule is CC(O)C(N)C(=O)N1CCC[C@H]1C(=O)N1CCC[C@@]1(Cc1cccc(F)c1)C(=O)NC(C(N)=O)C(C)O. The summed E-state index contributed by atoms with van der Waals surface area (Å²) in [5.41, 5.74) is 10.2. The van der Waals surface area contributed by atoms with Gasteiger partial charge in [0.15, 0.2) is 0 Å². The highest BCUT2D eigenvalue weighted by Crippen LogP contribution is 2.36. The van der Waals surface area contributed by atoms with Crippen LogP contribution in [0.2, 0.25) is 0 Å². The van der Waals surface area contributed by atoms with Gasteiger partial charge in [-0.1, -0.05) is 12.1 Å². The summed E-state index contributed by atoms with van der Waals surface area (Å²) < 4.78 is 14.0. The van der Waals surface area contributed by atoms with Crippen LogP contribution in [-0.2, 0) is 25.6 Å². The Morgan fingerprint density at radius 3 is 2.46 bits per heavy atom. The van der Waals surface area contributed by atoms with Gasteiger partial charge in [0.1, 0.15) is 29.5 Å². The first-order chi connectivity index (χ1) is 17.4. The van der Waals surface area contributed by atoms with Gasteiger partial charge in [0.25, 0.3) is 0 Å². The molecule has 2 heterocycles. The van der Waals surface area contributed by atoms with E-state index in [4.69, 9.17) is 11.5 Å². The van der Waals surface area contributed by atoms with Crippen LogP contribution < -0.4 is 16.8 Å². The number of likely N-dealkylation sites (tertiary alicyclic amines) is 2. The van der Waals surface area contributed by atoms with E-state index < -0.39 is 65.3 Å². The van der Waals surface area contributed by atoms with Gasteiger partial charge in [-0.25, -0.2) is 4.39 Å². The Balaban J connectivity index is 1.98. The number of aliphatic hydroxyl groups excluding tert-OH is 2. The zero-order valence-corrected chi connectivity index (χ0v) is 21.1. The predicted molar refractivity (Wildman–Crippen MR) is 131 cm³/mol. The fourth-order valence-electron chi connectivity index (χ4n) is 5.25. The molecule has 37 heavy (non-hydrogen) atoms. The Morgan fingerprint density at radius 1 is 1.16 bits per heavy atom. The maximum Gasteiger partial charge on any atom is 0.247 e. The molecule has 0 saturated carbocycles. The van der Waals surface area contributed by atoms with Gasteiger partial charge in [-0.05, 0) is 57.2 Å². The third kappa shape index (κ3) is 5.91. The summed E-state index contributed by atoms with van der Waals surface area (Å²) in [6.45, 7) is 3.17. The van der Waals surface area contributed by atoms with E-state index in [2.05, 4.69) is 5.32 Å². The number of nitrogens with one attached hydrogen (secondary N) is 1. The van der Waals surface area contributed by atoms with Crippen molar-refractivity contribution >= 4 is 23.6 Å². The monoisotopic (exact) mass is 521 g/mol. The number of nitrogens with two attached hydrogens (primary N) is 2. The van der Waals surface area contributed by atoms with E-state index in [-0.39, 0.29) is 25.9 Å². The van der Waals surface area contributed by atoms with Crippen molar-refractivity contribution in [3.05, 3.63) is 35.6 Å². The normalized spacial score (nSPS) is 24.9. The Kier molecular flexibility index (Phi) is 8.88. The molecule has 204 valence electrons. The molecule has 0 radical (unpaired) electrons. The Bertz CT molecular complexity index is 1040. The van der Waals surface area contributed by atoms with Crippen LogP contribution in [0.25, 0.3) is 0 Å². The van der Waals surface area contributed by atoms with Gasteiger partial charge in [0.05, 0.1) is 12.2 Å². The van der Waals surface area contributed by atoms with Crippen LogP contribution in [-0.4, -0.2) is 92.6 Å². The van der Waals surface area contributed by atoms with Gasteiger partial charge in [0.2, 0.25) is 23.6 Å². The summed E-state index contributed by atoms with van der Waals surface area (Å²) in [5, 5.41) is 22.3. The van der Waals surface area contributed by atoms with Gasteiger partial charge in [-0.2, -0.15) is 0 Å². The second-order valence-electron chi connectivity index (χ2n) is 9.98. The smallest absolute Gasteiger partial charge is 0.247 e. The van der Waals surface area contributed by atoms with Gasteiger partial charge < -0.3 is 36.8 Å². The summed E-state index contributed by atoms with van der Waals surface area (Å²) in [5.74, 6) is -3.19. The Hall–Kier alpha value is -3.09. The number of primary amides is 1. The average Bonchev–Trinajstić information content (AvgIpc) is 3.48. The second kappa shape index (κ2) is 11.5. The fraction of sp³-hybridized carbons (Fsp3) is 0.600. The van der Waals surface area contributed by atoms with Crippen molar-refractivity contribution in [1.82, 2.24) is 15.1 Å². The molecule has 0 aliphatic carbocycles. The standard InChI is InChI=1S/C25H36FN5O6/c1-14(32)19(27)23(36)30-10-4-8-18(30)22(35)31-11-5-9-25(31,13-16-6-3-7-17(26)12-16)24(37)29-20(15(2)33)21(28)34/h3,6-7,12,14-15,18-20,32-33H,4-5,8-11,13,27H2,1-2H3,(H2,28,34)(H,29,37)/t14?,15?,18-,19?,20?,25+/m0/s1. The van der Waals surface area contributed by atoms with E-state index in [9.17, 15) is 33.8 Å². The third-order valence-corrected chi connectivity index (χ3v) is 7.26. The number of nitrogens with zero attached hydrogens (tertiary/aromatic N) is 2. The highest BCUT2D eigenvalue weighted by molar-refractivity contribution is 5.98. The van der Waals surface area contributed by atoms with Crippen molar-refractivity contribution in [2.24, 2.45) is 11.5 Å². The molecular formula is C25H36FN5O6. The largest absolute Gasteiger partial charge is 0.391 e. The quantitative estimate of drug-likeness (QED) is 0.270. The van der Waals surface area contributed by atoms with Gasteiger partial charge in [0, 0.05) is 19.5 Å². The summed E-state index contributed by atoms with van der Waals surface area (Å²) in [7, 11) is 0. The highest BCUT2D eigenvalue weighted by atomic mass is 19.1. The van der Waals surface area contributed by atoms with Gasteiger partial charge in [-0.3, -0.25) is 19.2 Å². The lowest BCUT2D eigenvalue weighted by molar-refractivity contribution is -0.152. The number of hydrogen-bond donors (Lipinski definition) is 5. The third-order valence-electron chi connectivity index (χ3n) is 7.26. The Labute approximate surface area is 215 Å². The van der Waals surface area contributed by atoms with Gasteiger partial charge in [-0.15, -0.1) is 0 Å². The van der Waals surface area contributed by atoms with Crippen molar-refractivity contribution < 1.29 is 33.8 Å². The molecule has 2 aliphatic heterocycles. The summed E-state index contributed by atoms with van der Waals surface area (Å²) >= 11 is 0. The molecule has 0 aromatic heterocycles. The molecule has 0 bridgehead atoms. The van der Waals surface area contributed by atoms with E-state index in [1.54, 1.807) is 6.07 Å². The molecule has 6 atom stereocenters. The molecule has 4 amide bonds. The predicted octanol–water partition coefficient (Wildman–Crippen LogP) is -1.22. The summed E-state index contributed by atoms with van der Waals surface area (Å²) in [6.07, 6.45) is -0.914. The summed E-state index contributed by atoms with van der Waals surface area (Å²) in [6, 6.07) is 2.17. The number of rotatable bonds is 9. The van der Waals surface area contributed by atoms with E-state index in [0.29, 0.717) is 24.8 Å². The minimum atomic E-state index is -1.52. The lowest BCUT2D eigenvalue weighted by Crippen LogP contribution is -2.65. The second-order valence-corrected chi connectivity index (χ2v) is 9.98. The first-order valence-electron chi connectivity index (χ1n) is 12.5. The highest BCUT2D eigenvalue weighted by Gasteiger charge is 2.53. The van der Waals surface area contributed by atoms with Crippen LogP contribution >= 0.6 is 0 Å². The molecule has 3 rings (SSSR count). The number of hydrogen-bond acceptors (Lipinski definition) is 7. The van der Waals surface area contributed by atoms with Gasteiger partial charge >= 0.3 is 0 Å². The molecule has 0 spiro atoms. The molecule has 2 fully saturated rings. The number of benzene rings is 1. The van der Waals surface area contributed by atoms with Crippen LogP contribution in [0, 0.1) is 5.82 Å². The average molecular weight is 522 g/mol. The molecular weight excluding hydrogens is 485 g/mol. The van der Waals surface area contributed by atoms with Crippen molar-refractivity contribution in [2.45, 2.75) is 81.8 Å². The number of aliphatic hydroxyl groups is 2. The van der Waals surface area contributed by atoms with Crippen LogP contribution in [0.3, 0.4) is 0 Å². The zero-order valence-electron chi connectivity index (χ0n) is 21.1.